The van der Waals surface area contributed by atoms with E-state index in [1.165, 1.54) is 0 Å². The van der Waals surface area contributed by atoms with Gasteiger partial charge in [-0.2, -0.15) is 8.78 Å². The van der Waals surface area contributed by atoms with Crippen LogP contribution in [0.3, 0.4) is 0 Å². The molecule has 3 nitrogen and oxygen atoms in total. The second-order valence-electron chi connectivity index (χ2n) is 2.04. The number of rotatable bonds is 1. The second kappa shape index (κ2) is 3.00. The number of hydrogen-bond donors (Lipinski definition) is 1. The zero-order valence-corrected chi connectivity index (χ0v) is 5.81. The Morgan fingerprint density at radius 2 is 1.31 bits per heavy atom. The maximum Gasteiger partial charge on any atom is 0.206 e. The minimum atomic E-state index is -2.05. The lowest BCUT2D eigenvalue weighted by atomic mass is 10.2. The molecular formula is C6HF4NO2. The van der Waals surface area contributed by atoms with E-state index < -0.39 is 34.7 Å². The molecule has 0 aliphatic carbocycles. The molecule has 0 amide bonds. The van der Waals surface area contributed by atoms with E-state index in [-0.39, 0.29) is 0 Å². The minimum Gasteiger partial charge on any atom is -0.503 e. The first kappa shape index (κ1) is 9.43. The highest BCUT2D eigenvalue weighted by atomic mass is 19.2. The smallest absolute Gasteiger partial charge is 0.206 e. The molecule has 0 saturated heterocycles. The van der Waals surface area contributed by atoms with E-state index in [9.17, 15) is 22.5 Å². The maximum atomic E-state index is 12.5. The number of aromatic hydroxyl groups is 1. The van der Waals surface area contributed by atoms with Gasteiger partial charge >= 0.3 is 0 Å². The van der Waals surface area contributed by atoms with Gasteiger partial charge in [0.1, 0.15) is 0 Å². The number of nitroso groups, excluding NO2 is 1. The van der Waals surface area contributed by atoms with E-state index >= 15 is 0 Å². The summed E-state index contributed by atoms with van der Waals surface area (Å²) in [5, 5.41) is 10.2. The molecule has 1 aromatic carbocycles. The van der Waals surface area contributed by atoms with Crippen molar-refractivity contribution < 1.29 is 22.7 Å². The second-order valence-corrected chi connectivity index (χ2v) is 2.04. The molecule has 7 heteroatoms. The van der Waals surface area contributed by atoms with Crippen molar-refractivity contribution in [3.63, 3.8) is 0 Å². The number of phenols is 1. The van der Waals surface area contributed by atoms with Crippen molar-refractivity contribution in [2.75, 3.05) is 0 Å². The van der Waals surface area contributed by atoms with Gasteiger partial charge in [0.05, 0.1) is 0 Å². The lowest BCUT2D eigenvalue weighted by Crippen LogP contribution is -1.95. The Kier molecular flexibility index (Phi) is 2.18. The minimum absolute atomic E-state index is 1.63. The van der Waals surface area contributed by atoms with Crippen LogP contribution in [-0.2, 0) is 0 Å². The Morgan fingerprint density at radius 3 is 1.62 bits per heavy atom. The van der Waals surface area contributed by atoms with Crippen LogP contribution < -0.4 is 0 Å². The van der Waals surface area contributed by atoms with Crippen molar-refractivity contribution in [2.45, 2.75) is 0 Å². The third-order valence-electron chi connectivity index (χ3n) is 1.31. The Labute approximate surface area is 68.6 Å². The van der Waals surface area contributed by atoms with Crippen molar-refractivity contribution in [2.24, 2.45) is 5.18 Å². The molecule has 0 atom stereocenters. The van der Waals surface area contributed by atoms with Crippen LogP contribution in [0.15, 0.2) is 5.18 Å². The van der Waals surface area contributed by atoms with E-state index in [2.05, 4.69) is 0 Å². The molecule has 0 aromatic heterocycles. The average Bonchev–Trinajstić information content (AvgIpc) is 2.13. The number of hydrogen-bond acceptors (Lipinski definition) is 3. The highest BCUT2D eigenvalue weighted by Crippen LogP contribution is 2.33. The number of phenolic OH excluding ortho intramolecular Hbond substituents is 1. The molecule has 70 valence electrons. The highest BCUT2D eigenvalue weighted by molar-refractivity contribution is 5.46. The summed E-state index contributed by atoms with van der Waals surface area (Å²) in [4.78, 5) is 9.72. The fourth-order valence-electron chi connectivity index (χ4n) is 0.689. The van der Waals surface area contributed by atoms with Crippen LogP contribution in [0.4, 0.5) is 23.2 Å². The van der Waals surface area contributed by atoms with Gasteiger partial charge in [0.2, 0.25) is 11.6 Å². The van der Waals surface area contributed by atoms with Gasteiger partial charge in [0.25, 0.3) is 0 Å². The van der Waals surface area contributed by atoms with Crippen molar-refractivity contribution in [3.05, 3.63) is 28.2 Å². The Morgan fingerprint density at radius 1 is 0.923 bits per heavy atom. The lowest BCUT2D eigenvalue weighted by Gasteiger charge is -2.01. The van der Waals surface area contributed by atoms with E-state index in [0.29, 0.717) is 0 Å². The Bertz CT molecular complexity index is 350. The van der Waals surface area contributed by atoms with Gasteiger partial charge in [-0.15, -0.1) is 4.91 Å². The van der Waals surface area contributed by atoms with Crippen molar-refractivity contribution in [1.82, 2.24) is 0 Å². The normalized spacial score (nSPS) is 10.2. The summed E-state index contributed by atoms with van der Waals surface area (Å²) in [5.74, 6) is -9.96. The van der Waals surface area contributed by atoms with Crippen LogP contribution in [0, 0.1) is 28.2 Å². The van der Waals surface area contributed by atoms with Crippen molar-refractivity contribution >= 4 is 5.69 Å². The van der Waals surface area contributed by atoms with Crippen LogP contribution in [0.2, 0.25) is 0 Å². The van der Waals surface area contributed by atoms with Gasteiger partial charge in [0, 0.05) is 0 Å². The molecule has 0 fully saturated rings. The molecule has 13 heavy (non-hydrogen) atoms. The largest absolute Gasteiger partial charge is 0.503 e. The maximum absolute atomic E-state index is 12.5. The monoisotopic (exact) mass is 195 g/mol. The summed E-state index contributed by atoms with van der Waals surface area (Å²) in [7, 11) is 0. The highest BCUT2D eigenvalue weighted by Gasteiger charge is 2.25. The van der Waals surface area contributed by atoms with Gasteiger partial charge in [-0.3, -0.25) is 0 Å². The van der Waals surface area contributed by atoms with E-state index in [0.717, 1.165) is 0 Å². The lowest BCUT2D eigenvalue weighted by molar-refractivity contribution is 0.358. The summed E-state index contributed by atoms with van der Waals surface area (Å²) in [6.45, 7) is 0. The molecule has 0 spiro atoms. The number of nitrogens with zero attached hydrogens (tertiary/aromatic N) is 1. The molecule has 0 radical (unpaired) electrons. The van der Waals surface area contributed by atoms with Gasteiger partial charge < -0.3 is 5.11 Å². The molecule has 1 rings (SSSR count). The van der Waals surface area contributed by atoms with Crippen molar-refractivity contribution in [1.29, 1.82) is 0 Å². The molecule has 1 aromatic rings. The summed E-state index contributed by atoms with van der Waals surface area (Å²) in [6.07, 6.45) is 0. The summed E-state index contributed by atoms with van der Waals surface area (Å²) in [5.41, 5.74) is -1.63. The Balaban J connectivity index is 3.66. The average molecular weight is 195 g/mol. The molecular weight excluding hydrogens is 194 g/mol. The topological polar surface area (TPSA) is 49.7 Å². The van der Waals surface area contributed by atoms with E-state index in [4.69, 9.17) is 5.11 Å². The van der Waals surface area contributed by atoms with Gasteiger partial charge in [-0.1, -0.05) is 0 Å². The number of benzene rings is 1. The molecule has 0 aliphatic heterocycles. The van der Waals surface area contributed by atoms with Gasteiger partial charge in [-0.05, 0) is 5.18 Å². The summed E-state index contributed by atoms with van der Waals surface area (Å²) < 4.78 is 49.7. The van der Waals surface area contributed by atoms with Gasteiger partial charge in [-0.25, -0.2) is 8.78 Å². The first-order valence-corrected chi connectivity index (χ1v) is 2.89. The van der Waals surface area contributed by atoms with Crippen LogP contribution in [-0.4, -0.2) is 5.11 Å². The third-order valence-corrected chi connectivity index (χ3v) is 1.31. The Hall–Kier alpha value is -1.66. The zero-order valence-electron chi connectivity index (χ0n) is 5.81. The van der Waals surface area contributed by atoms with Gasteiger partial charge in [0.15, 0.2) is 23.1 Å². The molecule has 0 saturated carbocycles. The standard InChI is InChI=1S/C6HF4NO2/c7-1-3(9)6(12)4(10)2(8)5(1)11-13/h12H. The summed E-state index contributed by atoms with van der Waals surface area (Å²) >= 11 is 0. The van der Waals surface area contributed by atoms with E-state index in [1.807, 2.05) is 0 Å². The van der Waals surface area contributed by atoms with Crippen molar-refractivity contribution in [3.8, 4) is 5.75 Å². The molecule has 0 heterocycles. The SMILES string of the molecule is O=Nc1c(F)c(F)c(O)c(F)c1F. The number of halogens is 4. The predicted molar refractivity (Wildman–Crippen MR) is 33.4 cm³/mol. The molecule has 1 N–H and O–H groups in total. The first-order chi connectivity index (χ1) is 6.00. The van der Waals surface area contributed by atoms with Crippen LogP contribution in [0.1, 0.15) is 0 Å². The van der Waals surface area contributed by atoms with Crippen LogP contribution in [0.5, 0.6) is 5.75 Å². The first-order valence-electron chi connectivity index (χ1n) is 2.89. The predicted octanol–water partition coefficient (Wildman–Crippen LogP) is 2.35. The third kappa shape index (κ3) is 1.21. The van der Waals surface area contributed by atoms with E-state index in [1.54, 1.807) is 5.18 Å². The zero-order chi connectivity index (χ0) is 10.2. The molecule has 0 unspecified atom stereocenters. The van der Waals surface area contributed by atoms with Crippen LogP contribution in [0.25, 0.3) is 0 Å². The molecule has 0 bridgehead atoms. The van der Waals surface area contributed by atoms with Crippen LogP contribution >= 0.6 is 0 Å². The fraction of sp³-hybridized carbons (Fsp3) is 0. The summed E-state index contributed by atoms with van der Waals surface area (Å²) in [6, 6.07) is 0. The quantitative estimate of drug-likeness (QED) is 0.424. The molecule has 0 aliphatic rings. The fourth-order valence-corrected chi connectivity index (χ4v) is 0.689.